The van der Waals surface area contributed by atoms with Crippen LogP contribution in [0.1, 0.15) is 11.9 Å². The number of nitrogens with zero attached hydrogens (tertiary/aromatic N) is 5. The third-order valence-corrected chi connectivity index (χ3v) is 6.21. The number of fused-ring (bicyclic) bond motifs is 1. The van der Waals surface area contributed by atoms with Crippen LogP contribution in [0.15, 0.2) is 52.2 Å². The van der Waals surface area contributed by atoms with Gasteiger partial charge in [0.15, 0.2) is 16.7 Å². The number of rotatable bonds is 7. The molecule has 9 heteroatoms. The number of thiazole rings is 1. The smallest absolute Gasteiger partial charge is 0.233 e. The summed E-state index contributed by atoms with van der Waals surface area (Å²) < 4.78 is 8.50. The summed E-state index contributed by atoms with van der Waals surface area (Å²) in [5.74, 6) is 1.65. The zero-order valence-electron chi connectivity index (χ0n) is 15.5. The molecule has 0 unspecified atom stereocenters. The van der Waals surface area contributed by atoms with E-state index in [4.69, 9.17) is 4.42 Å². The van der Waals surface area contributed by atoms with Gasteiger partial charge in [-0.1, -0.05) is 23.9 Å². The Balaban J connectivity index is 1.40. The Morgan fingerprint density at radius 3 is 2.86 bits per heavy atom. The number of carbonyl (C=O) groups is 1. The molecule has 0 N–H and O–H groups in total. The summed E-state index contributed by atoms with van der Waals surface area (Å²) in [7, 11) is 1.80. The van der Waals surface area contributed by atoms with Gasteiger partial charge >= 0.3 is 0 Å². The Morgan fingerprint density at radius 2 is 2.11 bits per heavy atom. The normalized spacial score (nSPS) is 11.2. The highest BCUT2D eigenvalue weighted by Gasteiger charge is 2.18. The molecule has 7 nitrogen and oxygen atoms in total. The van der Waals surface area contributed by atoms with E-state index in [1.165, 1.54) is 11.8 Å². The lowest BCUT2D eigenvalue weighted by Gasteiger charge is -2.15. The molecule has 0 saturated heterocycles. The predicted octanol–water partition coefficient (Wildman–Crippen LogP) is 3.92. The van der Waals surface area contributed by atoms with Crippen LogP contribution in [0.4, 0.5) is 0 Å². The van der Waals surface area contributed by atoms with Crippen molar-refractivity contribution in [3.05, 3.63) is 47.7 Å². The SMILES string of the molecule is CCn1c(SCC(=O)N(C)Cc2nc3ccccc3s2)nnc1-c1ccco1. The van der Waals surface area contributed by atoms with E-state index >= 15 is 0 Å². The van der Waals surface area contributed by atoms with Gasteiger partial charge in [0.1, 0.15) is 5.01 Å². The Labute approximate surface area is 170 Å². The first kappa shape index (κ1) is 18.7. The number of benzene rings is 1. The molecule has 0 radical (unpaired) electrons. The summed E-state index contributed by atoms with van der Waals surface area (Å²) in [6.45, 7) is 3.21. The number of para-hydroxylation sites is 1. The second-order valence-electron chi connectivity index (χ2n) is 6.14. The summed E-state index contributed by atoms with van der Waals surface area (Å²) in [6, 6.07) is 11.7. The van der Waals surface area contributed by atoms with Gasteiger partial charge in [-0.25, -0.2) is 4.98 Å². The molecule has 3 heterocycles. The van der Waals surface area contributed by atoms with Gasteiger partial charge in [0, 0.05) is 13.6 Å². The second-order valence-corrected chi connectivity index (χ2v) is 8.20. The Kier molecular flexibility index (Phi) is 5.45. The highest BCUT2D eigenvalue weighted by molar-refractivity contribution is 7.99. The van der Waals surface area contributed by atoms with Crippen LogP contribution in [-0.2, 0) is 17.9 Å². The quantitative estimate of drug-likeness (QED) is 0.428. The van der Waals surface area contributed by atoms with Crippen LogP contribution in [0.2, 0.25) is 0 Å². The lowest BCUT2D eigenvalue weighted by Crippen LogP contribution is -2.27. The fourth-order valence-electron chi connectivity index (χ4n) is 2.78. The Hall–Kier alpha value is -2.65. The molecule has 3 aromatic heterocycles. The van der Waals surface area contributed by atoms with E-state index < -0.39 is 0 Å². The summed E-state index contributed by atoms with van der Waals surface area (Å²) in [4.78, 5) is 18.9. The van der Waals surface area contributed by atoms with Crippen molar-refractivity contribution in [3.8, 4) is 11.6 Å². The van der Waals surface area contributed by atoms with Crippen LogP contribution in [0.25, 0.3) is 21.8 Å². The number of aromatic nitrogens is 4. The summed E-state index contributed by atoms with van der Waals surface area (Å²) >= 11 is 3.00. The largest absolute Gasteiger partial charge is 0.461 e. The van der Waals surface area contributed by atoms with E-state index in [1.807, 2.05) is 47.9 Å². The van der Waals surface area contributed by atoms with Gasteiger partial charge < -0.3 is 9.32 Å². The lowest BCUT2D eigenvalue weighted by atomic mass is 10.3. The number of hydrogen-bond donors (Lipinski definition) is 0. The minimum atomic E-state index is 0.0226. The highest BCUT2D eigenvalue weighted by Crippen LogP contribution is 2.25. The molecule has 28 heavy (non-hydrogen) atoms. The number of thioether (sulfide) groups is 1. The van der Waals surface area contributed by atoms with Gasteiger partial charge in [-0.15, -0.1) is 21.5 Å². The molecule has 1 aromatic carbocycles. The molecular weight excluding hydrogens is 394 g/mol. The van der Waals surface area contributed by atoms with Crippen LogP contribution in [0.3, 0.4) is 0 Å². The summed E-state index contributed by atoms with van der Waals surface area (Å²) in [5, 5.41) is 10.1. The average molecular weight is 414 g/mol. The Morgan fingerprint density at radius 1 is 1.25 bits per heavy atom. The number of hydrogen-bond acceptors (Lipinski definition) is 7. The first-order valence-corrected chi connectivity index (χ1v) is 10.6. The average Bonchev–Trinajstić information content (AvgIpc) is 3.43. The van der Waals surface area contributed by atoms with E-state index in [-0.39, 0.29) is 11.7 Å². The van der Waals surface area contributed by atoms with Crippen molar-refractivity contribution < 1.29 is 9.21 Å². The van der Waals surface area contributed by atoms with Crippen LogP contribution in [-0.4, -0.2) is 43.4 Å². The molecule has 0 aliphatic carbocycles. The lowest BCUT2D eigenvalue weighted by molar-refractivity contribution is -0.127. The van der Waals surface area contributed by atoms with Crippen LogP contribution in [0, 0.1) is 0 Å². The van der Waals surface area contributed by atoms with Crippen molar-refractivity contribution in [2.45, 2.75) is 25.2 Å². The second kappa shape index (κ2) is 8.15. The monoisotopic (exact) mass is 413 g/mol. The van der Waals surface area contributed by atoms with Gasteiger partial charge in [-0.05, 0) is 31.2 Å². The van der Waals surface area contributed by atoms with Crippen molar-refractivity contribution in [3.63, 3.8) is 0 Å². The third kappa shape index (κ3) is 3.81. The molecule has 144 valence electrons. The fourth-order valence-corrected chi connectivity index (χ4v) is 4.75. The predicted molar refractivity (Wildman–Crippen MR) is 110 cm³/mol. The topological polar surface area (TPSA) is 77.1 Å². The molecule has 0 spiro atoms. The molecule has 4 rings (SSSR count). The minimum absolute atomic E-state index is 0.0226. The van der Waals surface area contributed by atoms with Crippen molar-refractivity contribution >= 4 is 39.2 Å². The van der Waals surface area contributed by atoms with Crippen molar-refractivity contribution in [1.29, 1.82) is 0 Å². The molecule has 0 fully saturated rings. The van der Waals surface area contributed by atoms with Crippen molar-refractivity contribution in [2.24, 2.45) is 0 Å². The van der Waals surface area contributed by atoms with E-state index in [2.05, 4.69) is 15.2 Å². The summed E-state index contributed by atoms with van der Waals surface area (Å²) in [5.41, 5.74) is 0.972. The van der Waals surface area contributed by atoms with Crippen LogP contribution < -0.4 is 0 Å². The molecule has 0 saturated carbocycles. The van der Waals surface area contributed by atoms with Gasteiger partial charge in [-0.3, -0.25) is 9.36 Å². The molecule has 0 aliphatic heterocycles. The maximum atomic E-state index is 12.6. The minimum Gasteiger partial charge on any atom is -0.461 e. The number of carbonyl (C=O) groups excluding carboxylic acids is 1. The number of furan rings is 1. The van der Waals surface area contributed by atoms with E-state index in [0.29, 0.717) is 29.8 Å². The zero-order chi connectivity index (χ0) is 19.5. The third-order valence-electron chi connectivity index (χ3n) is 4.24. The molecule has 0 bridgehead atoms. The fraction of sp³-hybridized carbons (Fsp3) is 0.263. The van der Waals surface area contributed by atoms with Gasteiger partial charge in [-0.2, -0.15) is 0 Å². The van der Waals surface area contributed by atoms with Crippen molar-refractivity contribution in [1.82, 2.24) is 24.6 Å². The highest BCUT2D eigenvalue weighted by atomic mass is 32.2. The molecule has 0 atom stereocenters. The van der Waals surface area contributed by atoms with Gasteiger partial charge in [0.05, 0.1) is 28.8 Å². The molecule has 4 aromatic rings. The van der Waals surface area contributed by atoms with E-state index in [9.17, 15) is 4.79 Å². The van der Waals surface area contributed by atoms with Crippen LogP contribution in [0.5, 0.6) is 0 Å². The molecule has 0 aliphatic rings. The van der Waals surface area contributed by atoms with E-state index in [0.717, 1.165) is 15.2 Å². The zero-order valence-corrected chi connectivity index (χ0v) is 17.2. The number of amides is 1. The van der Waals surface area contributed by atoms with Gasteiger partial charge in [0.25, 0.3) is 0 Å². The Bertz CT molecular complexity index is 1050. The summed E-state index contributed by atoms with van der Waals surface area (Å²) in [6.07, 6.45) is 1.61. The first-order valence-electron chi connectivity index (χ1n) is 8.84. The van der Waals surface area contributed by atoms with E-state index in [1.54, 1.807) is 29.5 Å². The standard InChI is InChI=1S/C19H19N5O2S2/c1-3-24-18(14-8-6-10-26-14)21-22-19(24)27-12-17(25)23(2)11-16-20-13-7-4-5-9-15(13)28-16/h4-10H,3,11-12H2,1-2H3. The first-order chi connectivity index (χ1) is 13.7. The molecule has 1 amide bonds. The van der Waals surface area contributed by atoms with Crippen molar-refractivity contribution in [2.75, 3.05) is 12.8 Å². The molecular formula is C19H19N5O2S2. The maximum absolute atomic E-state index is 12.6. The van der Waals surface area contributed by atoms with Crippen LogP contribution >= 0.6 is 23.1 Å². The van der Waals surface area contributed by atoms with Gasteiger partial charge in [0.2, 0.25) is 5.91 Å². The maximum Gasteiger partial charge on any atom is 0.233 e.